The molecule has 0 atom stereocenters. The van der Waals surface area contributed by atoms with E-state index in [9.17, 15) is 22.4 Å². The van der Waals surface area contributed by atoms with Gasteiger partial charge in [-0.2, -0.15) is 0 Å². The maximum Gasteiger partial charge on any atom is 0.255 e. The molecule has 0 aromatic heterocycles. The molecule has 0 heterocycles. The van der Waals surface area contributed by atoms with Gasteiger partial charge in [-0.15, -0.1) is 0 Å². The summed E-state index contributed by atoms with van der Waals surface area (Å²) in [5.41, 5.74) is 3.05. The summed E-state index contributed by atoms with van der Waals surface area (Å²) < 4.78 is 39.3. The van der Waals surface area contributed by atoms with Crippen molar-refractivity contribution in [2.24, 2.45) is 0 Å². The van der Waals surface area contributed by atoms with Crippen molar-refractivity contribution in [1.82, 2.24) is 5.32 Å². The second kappa shape index (κ2) is 12.4. The first-order valence-corrected chi connectivity index (χ1v) is 14.1. The molecule has 0 radical (unpaired) electrons. The number of benzene rings is 4. The number of para-hydroxylation sites is 1. The molecule has 0 bridgehead atoms. The lowest BCUT2D eigenvalue weighted by Crippen LogP contribution is -2.29. The van der Waals surface area contributed by atoms with Gasteiger partial charge in [-0.05, 0) is 66.1 Å². The summed E-state index contributed by atoms with van der Waals surface area (Å²) in [6.45, 7) is 0.457. The Morgan fingerprint density at radius 1 is 0.769 bits per heavy atom. The zero-order valence-electron chi connectivity index (χ0n) is 21.3. The molecule has 2 N–H and O–H groups in total. The van der Waals surface area contributed by atoms with Crippen LogP contribution in [-0.2, 0) is 23.0 Å². The molecule has 9 heteroatoms. The smallest absolute Gasteiger partial charge is 0.255 e. The van der Waals surface area contributed by atoms with Gasteiger partial charge in [0.15, 0.2) is 0 Å². The number of nitrogens with one attached hydrogen (secondary N) is 2. The van der Waals surface area contributed by atoms with Crippen LogP contribution in [0.15, 0.2) is 103 Å². The molecule has 0 spiro atoms. The maximum absolute atomic E-state index is 13.3. The number of anilines is 2. The lowest BCUT2D eigenvalue weighted by molar-refractivity contribution is 0.0955. The third-order valence-corrected chi connectivity index (χ3v) is 7.16. The van der Waals surface area contributed by atoms with E-state index >= 15 is 0 Å². The molecule has 7 nitrogen and oxygen atoms in total. The van der Waals surface area contributed by atoms with E-state index in [1.165, 1.54) is 52.8 Å². The summed E-state index contributed by atoms with van der Waals surface area (Å²) in [4.78, 5) is 25.8. The highest BCUT2D eigenvalue weighted by Gasteiger charge is 2.19. The summed E-state index contributed by atoms with van der Waals surface area (Å²) in [6.07, 6.45) is 1.76. The van der Waals surface area contributed by atoms with Crippen molar-refractivity contribution in [2.45, 2.75) is 13.0 Å². The second-order valence-corrected chi connectivity index (χ2v) is 10.8. The predicted octanol–water partition coefficient (Wildman–Crippen LogP) is 5.02. The van der Waals surface area contributed by atoms with Gasteiger partial charge >= 0.3 is 0 Å². The van der Waals surface area contributed by atoms with E-state index in [2.05, 4.69) is 10.6 Å². The Kier molecular flexibility index (Phi) is 8.73. The van der Waals surface area contributed by atoms with E-state index in [1.807, 2.05) is 30.3 Å². The van der Waals surface area contributed by atoms with Crippen molar-refractivity contribution in [3.8, 4) is 0 Å². The SMILES string of the molecule is CS(=O)(=O)N(Cc1ccc(F)cc1)c1ccc(C(=O)Nc2ccccc2C(=O)NCCc2ccccc2)cc1. The lowest BCUT2D eigenvalue weighted by Gasteiger charge is -2.23. The fourth-order valence-corrected chi connectivity index (χ4v) is 4.87. The number of nitrogens with zero attached hydrogens (tertiary/aromatic N) is 1. The summed E-state index contributed by atoms with van der Waals surface area (Å²) >= 11 is 0. The molecule has 4 rings (SSSR count). The fourth-order valence-electron chi connectivity index (χ4n) is 3.98. The molecule has 39 heavy (non-hydrogen) atoms. The van der Waals surface area contributed by atoms with Gasteiger partial charge in [0.2, 0.25) is 10.0 Å². The number of carbonyl (C=O) groups is 2. The Morgan fingerprint density at radius 2 is 1.41 bits per heavy atom. The van der Waals surface area contributed by atoms with Gasteiger partial charge in [-0.3, -0.25) is 13.9 Å². The number of amides is 2. The Morgan fingerprint density at radius 3 is 2.08 bits per heavy atom. The van der Waals surface area contributed by atoms with E-state index < -0.39 is 21.7 Å². The molecule has 0 unspecified atom stereocenters. The Bertz CT molecular complexity index is 1540. The molecular weight excluding hydrogens is 517 g/mol. The predicted molar refractivity (Wildman–Crippen MR) is 151 cm³/mol. The monoisotopic (exact) mass is 545 g/mol. The minimum absolute atomic E-state index is 0.0113. The van der Waals surface area contributed by atoms with Crippen molar-refractivity contribution < 1.29 is 22.4 Å². The normalized spacial score (nSPS) is 11.0. The van der Waals surface area contributed by atoms with Crippen molar-refractivity contribution in [3.63, 3.8) is 0 Å². The quantitative estimate of drug-likeness (QED) is 0.293. The van der Waals surface area contributed by atoms with Gasteiger partial charge < -0.3 is 10.6 Å². The van der Waals surface area contributed by atoms with E-state index in [4.69, 9.17) is 0 Å². The van der Waals surface area contributed by atoms with Crippen LogP contribution in [0, 0.1) is 5.82 Å². The molecule has 0 saturated carbocycles. The second-order valence-electron chi connectivity index (χ2n) is 8.93. The number of hydrogen-bond acceptors (Lipinski definition) is 4. The van der Waals surface area contributed by atoms with Crippen LogP contribution in [-0.4, -0.2) is 33.0 Å². The largest absolute Gasteiger partial charge is 0.352 e. The average molecular weight is 546 g/mol. The molecule has 0 aliphatic rings. The van der Waals surface area contributed by atoms with Gasteiger partial charge in [0, 0.05) is 12.1 Å². The van der Waals surface area contributed by atoms with Crippen LogP contribution in [0.4, 0.5) is 15.8 Å². The lowest BCUT2D eigenvalue weighted by atomic mass is 10.1. The highest BCUT2D eigenvalue weighted by Crippen LogP contribution is 2.23. The Balaban J connectivity index is 1.44. The molecule has 0 aliphatic carbocycles. The molecule has 200 valence electrons. The van der Waals surface area contributed by atoms with Crippen LogP contribution >= 0.6 is 0 Å². The van der Waals surface area contributed by atoms with Gasteiger partial charge in [0.1, 0.15) is 5.82 Å². The van der Waals surface area contributed by atoms with Crippen LogP contribution < -0.4 is 14.9 Å². The minimum atomic E-state index is -3.65. The highest BCUT2D eigenvalue weighted by molar-refractivity contribution is 7.92. The fraction of sp³-hybridized carbons (Fsp3) is 0.133. The number of sulfonamides is 1. The van der Waals surface area contributed by atoms with Gasteiger partial charge in [-0.25, -0.2) is 12.8 Å². The van der Waals surface area contributed by atoms with Crippen molar-refractivity contribution in [2.75, 3.05) is 22.4 Å². The third kappa shape index (κ3) is 7.52. The van der Waals surface area contributed by atoms with Crippen LogP contribution in [0.5, 0.6) is 0 Å². The number of halogens is 1. The topological polar surface area (TPSA) is 95.6 Å². The standard InChI is InChI=1S/C30H28FN3O4S/c1-39(37,38)34(21-23-11-15-25(31)16-12-23)26-17-13-24(14-18-26)29(35)33-28-10-6-5-9-27(28)30(36)32-20-19-22-7-3-2-4-8-22/h2-18H,19-21H2,1H3,(H,32,36)(H,33,35). The van der Waals surface area contributed by atoms with Crippen LogP contribution in [0.2, 0.25) is 0 Å². The van der Waals surface area contributed by atoms with Crippen molar-refractivity contribution in [1.29, 1.82) is 0 Å². The zero-order valence-corrected chi connectivity index (χ0v) is 22.1. The van der Waals surface area contributed by atoms with Crippen molar-refractivity contribution in [3.05, 3.63) is 131 Å². The van der Waals surface area contributed by atoms with Gasteiger partial charge in [0.05, 0.1) is 29.7 Å². The maximum atomic E-state index is 13.3. The summed E-state index contributed by atoms with van der Waals surface area (Å²) in [5, 5.41) is 5.66. The van der Waals surface area contributed by atoms with Crippen molar-refractivity contribution >= 4 is 33.2 Å². The molecule has 4 aromatic rings. The first-order valence-electron chi connectivity index (χ1n) is 12.3. The number of carbonyl (C=O) groups excluding carboxylic acids is 2. The van der Waals surface area contributed by atoms with E-state index in [0.29, 0.717) is 35.5 Å². The summed E-state index contributed by atoms with van der Waals surface area (Å²) in [7, 11) is -3.65. The first-order chi connectivity index (χ1) is 18.7. The van der Waals surface area contributed by atoms with Crippen LogP contribution in [0.25, 0.3) is 0 Å². The Hall–Kier alpha value is -4.50. The van der Waals surface area contributed by atoms with Gasteiger partial charge in [0.25, 0.3) is 11.8 Å². The minimum Gasteiger partial charge on any atom is -0.352 e. The van der Waals surface area contributed by atoms with Crippen LogP contribution in [0.1, 0.15) is 31.8 Å². The number of hydrogen-bond donors (Lipinski definition) is 2. The van der Waals surface area contributed by atoms with E-state index in [1.54, 1.807) is 24.3 Å². The molecule has 0 saturated heterocycles. The zero-order chi connectivity index (χ0) is 27.8. The molecule has 2 amide bonds. The number of rotatable bonds is 10. The highest BCUT2D eigenvalue weighted by atomic mass is 32.2. The summed E-state index contributed by atoms with van der Waals surface area (Å²) in [6, 6.07) is 28.2. The van der Waals surface area contributed by atoms with Gasteiger partial charge in [-0.1, -0.05) is 54.6 Å². The average Bonchev–Trinajstić information content (AvgIpc) is 2.93. The molecular formula is C30H28FN3O4S. The van der Waals surface area contributed by atoms with E-state index in [-0.39, 0.29) is 18.0 Å². The third-order valence-electron chi connectivity index (χ3n) is 6.02. The molecule has 0 aliphatic heterocycles. The molecule has 0 fully saturated rings. The Labute approximate surface area is 227 Å². The van der Waals surface area contributed by atoms with E-state index in [0.717, 1.165) is 11.8 Å². The van der Waals surface area contributed by atoms with Crippen LogP contribution in [0.3, 0.4) is 0 Å². The first kappa shape index (κ1) is 27.5. The molecule has 4 aromatic carbocycles. The summed E-state index contributed by atoms with van der Waals surface area (Å²) in [5.74, 6) is -1.16.